The van der Waals surface area contributed by atoms with E-state index in [2.05, 4.69) is 54.2 Å². The molecule has 0 atom stereocenters. The van der Waals surface area contributed by atoms with Crippen molar-refractivity contribution in [1.82, 2.24) is 4.98 Å². The number of hydrogen-bond acceptors (Lipinski definition) is 2. The van der Waals surface area contributed by atoms with Crippen LogP contribution in [0, 0.1) is 0 Å². The first kappa shape index (κ1) is 12.4. The van der Waals surface area contributed by atoms with Crippen molar-refractivity contribution in [3.8, 4) is 0 Å². The number of nitrogens with one attached hydrogen (secondary N) is 1. The number of fused-ring (bicyclic) bond motifs is 1. The molecule has 0 spiro atoms. The van der Waals surface area contributed by atoms with Crippen LogP contribution >= 0.6 is 15.9 Å². The fourth-order valence-electron chi connectivity index (χ4n) is 1.93. The predicted molar refractivity (Wildman–Crippen MR) is 77.7 cm³/mol. The molecule has 0 aliphatic heterocycles. The van der Waals surface area contributed by atoms with Gasteiger partial charge in [-0.2, -0.15) is 0 Å². The Kier molecular flexibility index (Phi) is 3.67. The fraction of sp³-hybridized carbons (Fsp3) is 0.357. The monoisotopic (exact) mass is 292 g/mol. The molecule has 0 saturated heterocycles. The number of halogens is 1. The van der Waals surface area contributed by atoms with Crippen molar-refractivity contribution in [1.29, 1.82) is 0 Å². The molecule has 90 valence electrons. The van der Waals surface area contributed by atoms with Gasteiger partial charge in [0, 0.05) is 16.4 Å². The first-order chi connectivity index (χ1) is 8.13. The van der Waals surface area contributed by atoms with E-state index in [9.17, 15) is 0 Å². The van der Waals surface area contributed by atoms with Crippen molar-refractivity contribution in [3.05, 3.63) is 34.3 Å². The zero-order valence-corrected chi connectivity index (χ0v) is 12.0. The summed E-state index contributed by atoms with van der Waals surface area (Å²) in [5.41, 5.74) is 2.30. The highest BCUT2D eigenvalue weighted by Crippen LogP contribution is 2.30. The molecule has 0 bridgehead atoms. The van der Waals surface area contributed by atoms with E-state index in [4.69, 9.17) is 4.98 Å². The van der Waals surface area contributed by atoms with Crippen LogP contribution in [0.5, 0.6) is 0 Å². The zero-order valence-electron chi connectivity index (χ0n) is 10.4. The molecular formula is C14H17BrN2. The second-order valence-corrected chi connectivity index (χ2v) is 5.28. The largest absolute Gasteiger partial charge is 0.370 e. The first-order valence-corrected chi connectivity index (χ1v) is 6.75. The van der Waals surface area contributed by atoms with Crippen LogP contribution in [0.2, 0.25) is 0 Å². The summed E-state index contributed by atoms with van der Waals surface area (Å²) in [5.74, 6) is 1.47. The second-order valence-electron chi connectivity index (χ2n) is 4.42. The van der Waals surface area contributed by atoms with Crippen LogP contribution < -0.4 is 5.32 Å². The summed E-state index contributed by atoms with van der Waals surface area (Å²) >= 11 is 3.55. The predicted octanol–water partition coefficient (Wildman–Crippen LogP) is 4.55. The lowest BCUT2D eigenvalue weighted by Gasteiger charge is -2.14. The minimum atomic E-state index is 0.472. The molecule has 0 aliphatic carbocycles. The van der Waals surface area contributed by atoms with Crippen molar-refractivity contribution >= 4 is 32.7 Å². The molecule has 0 radical (unpaired) electrons. The van der Waals surface area contributed by atoms with E-state index in [1.807, 2.05) is 12.1 Å². The van der Waals surface area contributed by atoms with E-state index >= 15 is 0 Å². The molecule has 2 aromatic rings. The Labute approximate surface area is 111 Å². The van der Waals surface area contributed by atoms with Crippen LogP contribution in [0.25, 0.3) is 10.9 Å². The summed E-state index contributed by atoms with van der Waals surface area (Å²) in [4.78, 5) is 4.73. The lowest BCUT2D eigenvalue weighted by atomic mass is 10.0. The van der Waals surface area contributed by atoms with Crippen LogP contribution in [-0.2, 0) is 0 Å². The highest BCUT2D eigenvalue weighted by molar-refractivity contribution is 9.10. The van der Waals surface area contributed by atoms with Gasteiger partial charge in [0.15, 0.2) is 0 Å². The third-order valence-corrected chi connectivity index (χ3v) is 3.43. The number of rotatable bonds is 3. The summed E-state index contributed by atoms with van der Waals surface area (Å²) in [7, 11) is 0. The van der Waals surface area contributed by atoms with E-state index in [-0.39, 0.29) is 0 Å². The molecule has 1 aromatic heterocycles. The molecule has 0 fully saturated rings. The van der Waals surface area contributed by atoms with Gasteiger partial charge in [-0.3, -0.25) is 0 Å². The van der Waals surface area contributed by atoms with Crippen LogP contribution in [0.1, 0.15) is 32.3 Å². The SMILES string of the molecule is CCNc1nc2c(Br)cccc2cc1C(C)C. The minimum Gasteiger partial charge on any atom is -0.370 e. The third-order valence-electron chi connectivity index (χ3n) is 2.79. The molecule has 0 aliphatic rings. The summed E-state index contributed by atoms with van der Waals surface area (Å²) in [6.45, 7) is 7.38. The van der Waals surface area contributed by atoms with Gasteiger partial charge in [0.1, 0.15) is 5.82 Å². The number of anilines is 1. The lowest BCUT2D eigenvalue weighted by molar-refractivity contribution is 0.861. The van der Waals surface area contributed by atoms with E-state index in [1.165, 1.54) is 10.9 Å². The second kappa shape index (κ2) is 5.05. The molecule has 17 heavy (non-hydrogen) atoms. The van der Waals surface area contributed by atoms with Gasteiger partial charge in [-0.1, -0.05) is 26.0 Å². The highest BCUT2D eigenvalue weighted by atomic mass is 79.9. The summed E-state index contributed by atoms with van der Waals surface area (Å²) in [6.07, 6.45) is 0. The molecule has 0 amide bonds. The summed E-state index contributed by atoms with van der Waals surface area (Å²) in [6, 6.07) is 8.41. The van der Waals surface area contributed by atoms with Gasteiger partial charge in [-0.25, -0.2) is 4.98 Å². The number of para-hydroxylation sites is 1. The average molecular weight is 293 g/mol. The number of aromatic nitrogens is 1. The van der Waals surface area contributed by atoms with Gasteiger partial charge in [0.25, 0.3) is 0 Å². The average Bonchev–Trinajstić information content (AvgIpc) is 2.29. The van der Waals surface area contributed by atoms with E-state index in [1.54, 1.807) is 0 Å². The number of hydrogen-bond donors (Lipinski definition) is 1. The van der Waals surface area contributed by atoms with E-state index in [0.29, 0.717) is 5.92 Å². The normalized spacial score (nSPS) is 11.1. The molecule has 0 unspecified atom stereocenters. The maximum atomic E-state index is 4.73. The van der Waals surface area contributed by atoms with Gasteiger partial charge in [0.05, 0.1) is 5.52 Å². The maximum absolute atomic E-state index is 4.73. The molecule has 2 nitrogen and oxygen atoms in total. The van der Waals surface area contributed by atoms with Crippen molar-refractivity contribution in [2.45, 2.75) is 26.7 Å². The fourth-order valence-corrected chi connectivity index (χ4v) is 2.40. The molecule has 1 N–H and O–H groups in total. The van der Waals surface area contributed by atoms with Crippen molar-refractivity contribution < 1.29 is 0 Å². The van der Waals surface area contributed by atoms with Gasteiger partial charge >= 0.3 is 0 Å². The quantitative estimate of drug-likeness (QED) is 0.897. The third kappa shape index (κ3) is 2.44. The van der Waals surface area contributed by atoms with E-state index < -0.39 is 0 Å². The summed E-state index contributed by atoms with van der Waals surface area (Å²) in [5, 5.41) is 4.53. The number of pyridine rings is 1. The topological polar surface area (TPSA) is 24.9 Å². The van der Waals surface area contributed by atoms with Gasteiger partial charge in [-0.05, 0) is 46.5 Å². The Morgan fingerprint density at radius 1 is 1.35 bits per heavy atom. The Balaban J connectivity index is 2.68. The highest BCUT2D eigenvalue weighted by Gasteiger charge is 2.10. The van der Waals surface area contributed by atoms with Crippen LogP contribution in [0.15, 0.2) is 28.7 Å². The van der Waals surface area contributed by atoms with Gasteiger partial charge in [0.2, 0.25) is 0 Å². The standard InChI is InChI=1S/C14H17BrN2/c1-4-16-14-11(9(2)3)8-10-6-5-7-12(15)13(10)17-14/h5-9H,4H2,1-3H3,(H,16,17). The number of benzene rings is 1. The zero-order chi connectivity index (χ0) is 12.4. The van der Waals surface area contributed by atoms with E-state index in [0.717, 1.165) is 22.4 Å². The summed E-state index contributed by atoms with van der Waals surface area (Å²) < 4.78 is 1.05. The Bertz CT molecular complexity index is 535. The van der Waals surface area contributed by atoms with Crippen LogP contribution in [0.3, 0.4) is 0 Å². The van der Waals surface area contributed by atoms with Crippen molar-refractivity contribution in [2.24, 2.45) is 0 Å². The molecule has 1 heterocycles. The molecule has 1 aromatic carbocycles. The number of nitrogens with zero attached hydrogens (tertiary/aromatic N) is 1. The van der Waals surface area contributed by atoms with Crippen molar-refractivity contribution in [2.75, 3.05) is 11.9 Å². The minimum absolute atomic E-state index is 0.472. The molecule has 2 rings (SSSR count). The lowest BCUT2D eigenvalue weighted by Crippen LogP contribution is -2.05. The smallest absolute Gasteiger partial charge is 0.130 e. The van der Waals surface area contributed by atoms with Crippen LogP contribution in [0.4, 0.5) is 5.82 Å². The Morgan fingerprint density at radius 2 is 2.12 bits per heavy atom. The first-order valence-electron chi connectivity index (χ1n) is 5.96. The Morgan fingerprint density at radius 3 is 2.76 bits per heavy atom. The van der Waals surface area contributed by atoms with Gasteiger partial charge < -0.3 is 5.32 Å². The molecular weight excluding hydrogens is 276 g/mol. The molecule has 0 saturated carbocycles. The Hall–Kier alpha value is -1.09. The van der Waals surface area contributed by atoms with Crippen LogP contribution in [-0.4, -0.2) is 11.5 Å². The van der Waals surface area contributed by atoms with Gasteiger partial charge in [-0.15, -0.1) is 0 Å². The van der Waals surface area contributed by atoms with Crippen molar-refractivity contribution in [3.63, 3.8) is 0 Å². The maximum Gasteiger partial charge on any atom is 0.130 e. The molecule has 3 heteroatoms.